The normalized spacial score (nSPS) is 12.5. The number of aromatic nitrogens is 1. The SMILES string of the molecule is Cc1cc(=O)n(C(C)CN)cc1[N+](=O)[O-]. The topological polar surface area (TPSA) is 91.2 Å². The van der Waals surface area contributed by atoms with Crippen molar-refractivity contribution in [2.24, 2.45) is 5.73 Å². The third-order valence-corrected chi connectivity index (χ3v) is 2.27. The van der Waals surface area contributed by atoms with Gasteiger partial charge in [0.1, 0.15) is 0 Å². The van der Waals surface area contributed by atoms with Gasteiger partial charge in [0.05, 0.1) is 11.1 Å². The Balaban J connectivity index is 3.36. The molecule has 1 heterocycles. The van der Waals surface area contributed by atoms with Crippen LogP contribution in [-0.4, -0.2) is 16.0 Å². The van der Waals surface area contributed by atoms with E-state index in [4.69, 9.17) is 5.73 Å². The molecule has 6 nitrogen and oxygen atoms in total. The molecule has 0 amide bonds. The zero-order valence-electron chi connectivity index (χ0n) is 8.64. The number of nitrogens with two attached hydrogens (primary N) is 1. The van der Waals surface area contributed by atoms with Crippen molar-refractivity contribution in [2.45, 2.75) is 19.9 Å². The van der Waals surface area contributed by atoms with Gasteiger partial charge in [-0.2, -0.15) is 0 Å². The summed E-state index contributed by atoms with van der Waals surface area (Å²) in [5.74, 6) is 0. The summed E-state index contributed by atoms with van der Waals surface area (Å²) in [6.07, 6.45) is 1.25. The summed E-state index contributed by atoms with van der Waals surface area (Å²) in [6, 6.07) is 1.02. The van der Waals surface area contributed by atoms with Gasteiger partial charge >= 0.3 is 0 Å². The first-order chi connectivity index (χ1) is 6.97. The van der Waals surface area contributed by atoms with Gasteiger partial charge in [-0.15, -0.1) is 0 Å². The van der Waals surface area contributed by atoms with E-state index in [2.05, 4.69) is 0 Å². The highest BCUT2D eigenvalue weighted by molar-refractivity contribution is 5.36. The van der Waals surface area contributed by atoms with Crippen molar-refractivity contribution in [2.75, 3.05) is 6.54 Å². The van der Waals surface area contributed by atoms with Gasteiger partial charge in [0.15, 0.2) is 0 Å². The molecule has 1 unspecified atom stereocenters. The summed E-state index contributed by atoms with van der Waals surface area (Å²) < 4.78 is 1.28. The largest absolute Gasteiger partial charge is 0.328 e. The maximum absolute atomic E-state index is 11.5. The molecule has 0 spiro atoms. The number of hydrogen-bond acceptors (Lipinski definition) is 4. The molecule has 0 aliphatic carbocycles. The van der Waals surface area contributed by atoms with E-state index in [-0.39, 0.29) is 23.8 Å². The molecular weight excluding hydrogens is 198 g/mol. The number of nitrogens with zero attached hydrogens (tertiary/aromatic N) is 2. The zero-order chi connectivity index (χ0) is 11.6. The molecule has 1 rings (SSSR count). The minimum atomic E-state index is -0.505. The summed E-state index contributed by atoms with van der Waals surface area (Å²) >= 11 is 0. The third-order valence-electron chi connectivity index (χ3n) is 2.27. The minimum Gasteiger partial charge on any atom is -0.328 e. The van der Waals surface area contributed by atoms with Gasteiger partial charge < -0.3 is 10.3 Å². The minimum absolute atomic E-state index is 0.0603. The van der Waals surface area contributed by atoms with Gasteiger partial charge in [0, 0.05) is 24.2 Å². The molecule has 1 aromatic heterocycles. The number of aryl methyl sites for hydroxylation is 1. The van der Waals surface area contributed by atoms with Gasteiger partial charge in [0.2, 0.25) is 0 Å². The number of nitro groups is 1. The second kappa shape index (κ2) is 4.22. The Kier molecular flexibility index (Phi) is 3.21. The Labute approximate surface area is 86.5 Å². The van der Waals surface area contributed by atoms with Crippen LogP contribution in [0.5, 0.6) is 0 Å². The van der Waals surface area contributed by atoms with Crippen LogP contribution in [0.3, 0.4) is 0 Å². The molecule has 15 heavy (non-hydrogen) atoms. The Morgan fingerprint density at radius 1 is 1.67 bits per heavy atom. The summed E-state index contributed by atoms with van der Waals surface area (Å²) in [6.45, 7) is 3.54. The zero-order valence-corrected chi connectivity index (χ0v) is 8.64. The fraction of sp³-hybridized carbons (Fsp3) is 0.444. The van der Waals surface area contributed by atoms with Crippen molar-refractivity contribution in [3.63, 3.8) is 0 Å². The van der Waals surface area contributed by atoms with E-state index in [1.54, 1.807) is 6.92 Å². The number of pyridine rings is 1. The molecule has 1 aromatic rings. The van der Waals surface area contributed by atoms with Crippen LogP contribution in [0.4, 0.5) is 5.69 Å². The van der Waals surface area contributed by atoms with Gasteiger partial charge in [-0.1, -0.05) is 0 Å². The molecule has 6 heteroatoms. The Bertz CT molecular complexity index is 439. The maximum Gasteiger partial charge on any atom is 0.288 e. The molecule has 0 aromatic carbocycles. The van der Waals surface area contributed by atoms with E-state index in [9.17, 15) is 14.9 Å². The van der Waals surface area contributed by atoms with Crippen molar-refractivity contribution in [3.05, 3.63) is 38.3 Å². The first-order valence-electron chi connectivity index (χ1n) is 4.54. The Morgan fingerprint density at radius 3 is 2.73 bits per heavy atom. The van der Waals surface area contributed by atoms with Gasteiger partial charge in [-0.25, -0.2) is 0 Å². The van der Waals surface area contributed by atoms with Crippen LogP contribution in [0.1, 0.15) is 18.5 Å². The lowest BCUT2D eigenvalue weighted by Gasteiger charge is -2.12. The van der Waals surface area contributed by atoms with Crippen LogP contribution >= 0.6 is 0 Å². The molecular formula is C9H13N3O3. The number of rotatable bonds is 3. The van der Waals surface area contributed by atoms with Crippen molar-refractivity contribution in [3.8, 4) is 0 Å². The highest BCUT2D eigenvalue weighted by Crippen LogP contribution is 2.15. The van der Waals surface area contributed by atoms with Gasteiger partial charge in [-0.05, 0) is 13.8 Å². The Hall–Kier alpha value is -1.69. The summed E-state index contributed by atoms with van der Waals surface area (Å²) in [4.78, 5) is 21.6. The molecule has 0 aliphatic heterocycles. The van der Waals surface area contributed by atoms with E-state index in [0.29, 0.717) is 5.56 Å². The van der Waals surface area contributed by atoms with E-state index < -0.39 is 4.92 Å². The second-order valence-electron chi connectivity index (χ2n) is 3.43. The van der Waals surface area contributed by atoms with Crippen LogP contribution in [0.2, 0.25) is 0 Å². The van der Waals surface area contributed by atoms with Crippen LogP contribution < -0.4 is 11.3 Å². The quantitative estimate of drug-likeness (QED) is 0.585. The molecule has 0 fully saturated rings. The first-order valence-corrected chi connectivity index (χ1v) is 4.54. The van der Waals surface area contributed by atoms with Crippen molar-refractivity contribution >= 4 is 5.69 Å². The Morgan fingerprint density at radius 2 is 2.27 bits per heavy atom. The third kappa shape index (κ3) is 2.21. The average molecular weight is 211 g/mol. The molecule has 2 N–H and O–H groups in total. The molecule has 0 saturated heterocycles. The van der Waals surface area contributed by atoms with E-state index >= 15 is 0 Å². The summed E-state index contributed by atoms with van der Waals surface area (Å²) in [7, 11) is 0. The summed E-state index contributed by atoms with van der Waals surface area (Å²) in [5, 5.41) is 10.7. The highest BCUT2D eigenvalue weighted by atomic mass is 16.6. The fourth-order valence-electron chi connectivity index (χ4n) is 1.28. The monoisotopic (exact) mass is 211 g/mol. The van der Waals surface area contributed by atoms with Crippen LogP contribution in [0, 0.1) is 17.0 Å². The van der Waals surface area contributed by atoms with Gasteiger partial charge in [-0.3, -0.25) is 14.9 Å². The van der Waals surface area contributed by atoms with Crippen LogP contribution in [0.25, 0.3) is 0 Å². The molecule has 0 saturated carbocycles. The lowest BCUT2D eigenvalue weighted by molar-refractivity contribution is -0.386. The second-order valence-corrected chi connectivity index (χ2v) is 3.43. The number of hydrogen-bond donors (Lipinski definition) is 1. The molecule has 0 radical (unpaired) electrons. The van der Waals surface area contributed by atoms with E-state index in [1.165, 1.54) is 23.8 Å². The average Bonchev–Trinajstić information content (AvgIpc) is 2.16. The molecule has 0 bridgehead atoms. The van der Waals surface area contributed by atoms with Crippen LogP contribution in [0.15, 0.2) is 17.1 Å². The van der Waals surface area contributed by atoms with E-state index in [0.717, 1.165) is 0 Å². The maximum atomic E-state index is 11.5. The molecule has 0 aliphatic rings. The first kappa shape index (κ1) is 11.4. The highest BCUT2D eigenvalue weighted by Gasteiger charge is 2.15. The standard InChI is InChI=1S/C9H13N3O3/c1-6-3-9(13)11(7(2)4-10)5-8(6)12(14)15/h3,5,7H,4,10H2,1-2H3. The van der Waals surface area contributed by atoms with Crippen molar-refractivity contribution in [1.29, 1.82) is 0 Å². The lowest BCUT2D eigenvalue weighted by Crippen LogP contribution is -2.27. The predicted molar refractivity (Wildman–Crippen MR) is 55.9 cm³/mol. The smallest absolute Gasteiger partial charge is 0.288 e. The van der Waals surface area contributed by atoms with E-state index in [1.807, 2.05) is 0 Å². The molecule has 1 atom stereocenters. The summed E-state index contributed by atoms with van der Waals surface area (Å²) in [5.41, 5.74) is 5.45. The van der Waals surface area contributed by atoms with Crippen molar-refractivity contribution in [1.82, 2.24) is 4.57 Å². The predicted octanol–water partition coefficient (Wildman–Crippen LogP) is 0.585. The van der Waals surface area contributed by atoms with Crippen LogP contribution in [-0.2, 0) is 0 Å². The lowest BCUT2D eigenvalue weighted by atomic mass is 10.2. The van der Waals surface area contributed by atoms with Crippen molar-refractivity contribution < 1.29 is 4.92 Å². The molecule has 82 valence electrons. The van der Waals surface area contributed by atoms with Gasteiger partial charge in [0.25, 0.3) is 11.2 Å². The fourth-order valence-corrected chi connectivity index (χ4v) is 1.28.